The first kappa shape index (κ1) is 18.9. The van der Waals surface area contributed by atoms with Gasteiger partial charge in [-0.15, -0.1) is 0 Å². The number of imidazole rings is 1. The van der Waals surface area contributed by atoms with Gasteiger partial charge in [-0.05, 0) is 25.4 Å². The SMILES string of the molecule is Cn1c(CCN2CCOC(C)(C)C2)nc2c(N3CCOCC3)nc(Cl)nc21. The van der Waals surface area contributed by atoms with Gasteiger partial charge in [0.15, 0.2) is 17.0 Å². The topological polar surface area (TPSA) is 68.5 Å². The number of hydrogen-bond donors (Lipinski definition) is 0. The zero-order chi connectivity index (χ0) is 19.0. The van der Waals surface area contributed by atoms with Crippen molar-refractivity contribution >= 4 is 28.6 Å². The maximum Gasteiger partial charge on any atom is 0.226 e. The second-order valence-corrected chi connectivity index (χ2v) is 8.15. The van der Waals surface area contributed by atoms with E-state index in [-0.39, 0.29) is 10.9 Å². The fourth-order valence-electron chi connectivity index (χ4n) is 3.85. The summed E-state index contributed by atoms with van der Waals surface area (Å²) in [4.78, 5) is 18.4. The second-order valence-electron chi connectivity index (χ2n) is 7.81. The van der Waals surface area contributed by atoms with E-state index in [2.05, 4.69) is 33.6 Å². The molecule has 148 valence electrons. The lowest BCUT2D eigenvalue weighted by molar-refractivity contribution is -0.0856. The molecule has 2 fully saturated rings. The number of hydrogen-bond acceptors (Lipinski definition) is 7. The van der Waals surface area contributed by atoms with Crippen molar-refractivity contribution in [1.82, 2.24) is 24.4 Å². The van der Waals surface area contributed by atoms with E-state index in [1.165, 1.54) is 0 Å². The molecule has 2 aliphatic rings. The number of halogens is 1. The largest absolute Gasteiger partial charge is 0.378 e. The Hall–Kier alpha value is -1.48. The van der Waals surface area contributed by atoms with E-state index in [1.807, 2.05) is 11.6 Å². The first-order valence-corrected chi connectivity index (χ1v) is 9.89. The third-order valence-electron chi connectivity index (χ3n) is 5.23. The molecule has 4 rings (SSSR count). The van der Waals surface area contributed by atoms with Gasteiger partial charge in [0.05, 0.1) is 25.4 Å². The number of aromatic nitrogens is 4. The Bertz CT molecular complexity index is 818. The van der Waals surface area contributed by atoms with Crippen molar-refractivity contribution in [2.24, 2.45) is 7.05 Å². The van der Waals surface area contributed by atoms with Crippen LogP contribution in [-0.4, -0.2) is 82.6 Å². The van der Waals surface area contributed by atoms with E-state index in [0.717, 1.165) is 68.6 Å². The molecule has 2 aromatic heterocycles. The third kappa shape index (κ3) is 4.03. The quantitative estimate of drug-likeness (QED) is 0.728. The Morgan fingerprint density at radius 2 is 1.85 bits per heavy atom. The van der Waals surface area contributed by atoms with Crippen LogP contribution in [0.2, 0.25) is 5.28 Å². The van der Waals surface area contributed by atoms with Gasteiger partial charge in [0.25, 0.3) is 0 Å². The summed E-state index contributed by atoms with van der Waals surface area (Å²) < 4.78 is 13.3. The number of anilines is 1. The Labute approximate surface area is 164 Å². The summed E-state index contributed by atoms with van der Waals surface area (Å²) in [6.07, 6.45) is 0.850. The molecule has 2 saturated heterocycles. The molecule has 0 bridgehead atoms. The molecule has 0 aliphatic carbocycles. The van der Waals surface area contributed by atoms with Crippen LogP contribution in [0.5, 0.6) is 0 Å². The van der Waals surface area contributed by atoms with Gasteiger partial charge in [-0.3, -0.25) is 4.90 Å². The lowest BCUT2D eigenvalue weighted by Crippen LogP contribution is -2.48. The van der Waals surface area contributed by atoms with Crippen molar-refractivity contribution in [2.75, 3.05) is 57.4 Å². The predicted molar refractivity (Wildman–Crippen MR) is 105 cm³/mol. The van der Waals surface area contributed by atoms with E-state index in [0.29, 0.717) is 13.2 Å². The molecule has 2 aliphatic heterocycles. The van der Waals surface area contributed by atoms with E-state index >= 15 is 0 Å². The number of morpholine rings is 2. The molecule has 0 aromatic carbocycles. The fourth-order valence-corrected chi connectivity index (χ4v) is 4.01. The van der Waals surface area contributed by atoms with Gasteiger partial charge in [-0.1, -0.05) is 0 Å². The molecule has 9 heteroatoms. The van der Waals surface area contributed by atoms with Gasteiger partial charge >= 0.3 is 0 Å². The van der Waals surface area contributed by atoms with E-state index < -0.39 is 0 Å². The van der Waals surface area contributed by atoms with Crippen LogP contribution < -0.4 is 4.90 Å². The summed E-state index contributed by atoms with van der Waals surface area (Å²) in [5.74, 6) is 1.81. The number of rotatable bonds is 4. The van der Waals surface area contributed by atoms with Crippen molar-refractivity contribution in [3.8, 4) is 0 Å². The van der Waals surface area contributed by atoms with Gasteiger partial charge in [0.1, 0.15) is 5.82 Å². The summed E-state index contributed by atoms with van der Waals surface area (Å²) in [6.45, 7) is 10.8. The van der Waals surface area contributed by atoms with Gasteiger partial charge < -0.3 is 18.9 Å². The Morgan fingerprint density at radius 1 is 1.07 bits per heavy atom. The number of aryl methyl sites for hydroxylation is 1. The molecule has 0 unspecified atom stereocenters. The number of fused-ring (bicyclic) bond motifs is 1. The molecular weight excluding hydrogens is 368 g/mol. The predicted octanol–water partition coefficient (Wildman–Crippen LogP) is 1.51. The summed E-state index contributed by atoms with van der Waals surface area (Å²) in [5, 5.41) is 0.258. The van der Waals surface area contributed by atoms with Crippen LogP contribution in [-0.2, 0) is 22.9 Å². The second kappa shape index (κ2) is 7.50. The van der Waals surface area contributed by atoms with Crippen LogP contribution in [0.15, 0.2) is 0 Å². The van der Waals surface area contributed by atoms with Gasteiger partial charge in [-0.2, -0.15) is 9.97 Å². The Kier molecular flexibility index (Phi) is 5.24. The van der Waals surface area contributed by atoms with Crippen LogP contribution in [0.25, 0.3) is 11.2 Å². The minimum atomic E-state index is -0.0902. The molecule has 4 heterocycles. The Balaban J connectivity index is 1.57. The van der Waals surface area contributed by atoms with Crippen LogP contribution in [0.3, 0.4) is 0 Å². The molecule has 0 spiro atoms. The fraction of sp³-hybridized carbons (Fsp3) is 0.722. The van der Waals surface area contributed by atoms with Crippen LogP contribution in [0.1, 0.15) is 19.7 Å². The van der Waals surface area contributed by atoms with E-state index in [4.69, 9.17) is 26.1 Å². The standard InChI is InChI=1S/C18H27ClN6O2/c1-18(2)12-24(6-11-27-18)5-4-13-20-14-15(23(13)3)21-17(19)22-16(14)25-7-9-26-10-8-25/h4-12H2,1-3H3. The molecule has 8 nitrogen and oxygen atoms in total. The monoisotopic (exact) mass is 394 g/mol. The maximum atomic E-state index is 6.21. The average molecular weight is 395 g/mol. The zero-order valence-electron chi connectivity index (χ0n) is 16.2. The summed E-state index contributed by atoms with van der Waals surface area (Å²) in [5.41, 5.74) is 1.52. The first-order valence-electron chi connectivity index (χ1n) is 9.51. The highest BCUT2D eigenvalue weighted by molar-refractivity contribution is 6.28. The lowest BCUT2D eigenvalue weighted by Gasteiger charge is -2.38. The smallest absolute Gasteiger partial charge is 0.226 e. The van der Waals surface area contributed by atoms with Crippen LogP contribution in [0, 0.1) is 0 Å². The minimum absolute atomic E-state index is 0.0902. The van der Waals surface area contributed by atoms with Gasteiger partial charge in [0.2, 0.25) is 5.28 Å². The Morgan fingerprint density at radius 3 is 2.59 bits per heavy atom. The zero-order valence-corrected chi connectivity index (χ0v) is 17.0. The molecule has 0 amide bonds. The highest BCUT2D eigenvalue weighted by Gasteiger charge is 2.27. The van der Waals surface area contributed by atoms with Crippen molar-refractivity contribution < 1.29 is 9.47 Å². The maximum absolute atomic E-state index is 6.21. The molecule has 2 aromatic rings. The minimum Gasteiger partial charge on any atom is -0.378 e. The van der Waals surface area contributed by atoms with Crippen molar-refractivity contribution in [1.29, 1.82) is 0 Å². The molecular formula is C18H27ClN6O2. The van der Waals surface area contributed by atoms with Gasteiger partial charge in [0, 0.05) is 46.2 Å². The van der Waals surface area contributed by atoms with E-state index in [9.17, 15) is 0 Å². The summed E-state index contributed by atoms with van der Waals surface area (Å²) in [6, 6.07) is 0. The van der Waals surface area contributed by atoms with Crippen LogP contribution >= 0.6 is 11.6 Å². The molecule has 0 saturated carbocycles. The normalized spacial score (nSPS) is 21.1. The molecule has 27 heavy (non-hydrogen) atoms. The third-order valence-corrected chi connectivity index (χ3v) is 5.40. The van der Waals surface area contributed by atoms with Gasteiger partial charge in [-0.25, -0.2) is 4.98 Å². The summed E-state index contributed by atoms with van der Waals surface area (Å²) >= 11 is 6.21. The van der Waals surface area contributed by atoms with Crippen molar-refractivity contribution in [3.05, 3.63) is 11.1 Å². The molecule has 0 N–H and O–H groups in total. The first-order chi connectivity index (χ1) is 12.9. The molecule has 0 radical (unpaired) electrons. The summed E-state index contributed by atoms with van der Waals surface area (Å²) in [7, 11) is 2.00. The number of nitrogens with zero attached hydrogens (tertiary/aromatic N) is 6. The highest BCUT2D eigenvalue weighted by Crippen LogP contribution is 2.26. The highest BCUT2D eigenvalue weighted by atomic mass is 35.5. The van der Waals surface area contributed by atoms with Crippen molar-refractivity contribution in [2.45, 2.75) is 25.9 Å². The molecule has 0 atom stereocenters. The van der Waals surface area contributed by atoms with Crippen LogP contribution in [0.4, 0.5) is 5.82 Å². The lowest BCUT2D eigenvalue weighted by atomic mass is 10.1. The average Bonchev–Trinajstić information content (AvgIpc) is 2.95. The van der Waals surface area contributed by atoms with Crippen molar-refractivity contribution in [3.63, 3.8) is 0 Å². The number of ether oxygens (including phenoxy) is 2. The van der Waals surface area contributed by atoms with E-state index in [1.54, 1.807) is 0 Å².